The number of hydrogen-bond acceptors (Lipinski definition) is 4. The van der Waals surface area contributed by atoms with E-state index in [0.717, 1.165) is 4.90 Å². The molecule has 6 nitrogen and oxygen atoms in total. The van der Waals surface area contributed by atoms with Gasteiger partial charge in [-0.1, -0.05) is 0 Å². The third kappa shape index (κ3) is 1.86. The number of Topliss-reactive ketones (excluding diaryl/α,β-unsaturated/α-hetero) is 1. The minimum Gasteiger partial charge on any atom is -0.512 e. The molecule has 0 bridgehead atoms. The van der Waals surface area contributed by atoms with Gasteiger partial charge in [-0.3, -0.25) is 14.5 Å². The number of ketones is 1. The summed E-state index contributed by atoms with van der Waals surface area (Å²) in [6, 6.07) is -0.706. The van der Waals surface area contributed by atoms with Crippen LogP contribution >= 0.6 is 0 Å². The number of aliphatic hydroxyl groups excluding tert-OH is 1. The number of aliphatic imine (C=N–C) groups is 1. The zero-order chi connectivity index (χ0) is 12.5. The van der Waals surface area contributed by atoms with Gasteiger partial charge in [0, 0.05) is 6.54 Å². The van der Waals surface area contributed by atoms with Gasteiger partial charge in [0.1, 0.15) is 11.5 Å². The second-order valence-corrected chi connectivity index (χ2v) is 3.31. The second-order valence-electron chi connectivity index (χ2n) is 3.31. The number of aliphatic hydroxyl groups is 1. The summed E-state index contributed by atoms with van der Waals surface area (Å²) in [4.78, 5) is 38.6. The van der Waals surface area contributed by atoms with Crippen LogP contribution in [0.15, 0.2) is 16.3 Å². The summed E-state index contributed by atoms with van der Waals surface area (Å²) in [6.45, 7) is 4.27. The van der Waals surface area contributed by atoms with E-state index in [9.17, 15) is 19.5 Å². The summed E-state index contributed by atoms with van der Waals surface area (Å²) in [6.07, 6.45) is 0. The Balaban J connectivity index is 3.22. The number of carbonyl (C=O) groups is 3. The van der Waals surface area contributed by atoms with Gasteiger partial charge in [0.2, 0.25) is 0 Å². The van der Waals surface area contributed by atoms with Crippen molar-refractivity contribution in [3.8, 4) is 0 Å². The highest BCUT2D eigenvalue weighted by molar-refractivity contribution is 6.56. The lowest BCUT2D eigenvalue weighted by atomic mass is 10.1. The van der Waals surface area contributed by atoms with Crippen LogP contribution in [0.2, 0.25) is 0 Å². The Kier molecular flexibility index (Phi) is 3.22. The van der Waals surface area contributed by atoms with E-state index >= 15 is 0 Å². The van der Waals surface area contributed by atoms with E-state index in [1.807, 2.05) is 0 Å². The maximum Gasteiger partial charge on any atom is 0.351 e. The number of allylic oxidation sites excluding steroid dienone is 1. The van der Waals surface area contributed by atoms with Crippen molar-refractivity contribution in [3.05, 3.63) is 11.3 Å². The summed E-state index contributed by atoms with van der Waals surface area (Å²) in [7, 11) is 0. The second kappa shape index (κ2) is 4.26. The Morgan fingerprint density at radius 3 is 2.25 bits per heavy atom. The van der Waals surface area contributed by atoms with Gasteiger partial charge in [0.15, 0.2) is 5.78 Å². The minimum absolute atomic E-state index is 0.181. The van der Waals surface area contributed by atoms with Gasteiger partial charge in [-0.15, -0.1) is 0 Å². The fourth-order valence-corrected chi connectivity index (χ4v) is 1.45. The molecular weight excluding hydrogens is 212 g/mol. The molecule has 6 heteroatoms. The van der Waals surface area contributed by atoms with Crippen molar-refractivity contribution in [2.75, 3.05) is 6.54 Å². The van der Waals surface area contributed by atoms with Crippen LogP contribution in [0.4, 0.5) is 4.79 Å². The fraction of sp³-hybridized carbons (Fsp3) is 0.400. The Labute approximate surface area is 92.3 Å². The molecule has 1 N–H and O–H groups in total. The van der Waals surface area contributed by atoms with Crippen LogP contribution in [0.5, 0.6) is 0 Å². The fourth-order valence-electron chi connectivity index (χ4n) is 1.45. The van der Waals surface area contributed by atoms with Crippen LogP contribution < -0.4 is 0 Å². The topological polar surface area (TPSA) is 87.0 Å². The number of amides is 3. The lowest BCUT2D eigenvalue weighted by molar-refractivity contribution is -0.121. The van der Waals surface area contributed by atoms with Crippen molar-refractivity contribution in [1.29, 1.82) is 0 Å². The van der Waals surface area contributed by atoms with Gasteiger partial charge in [-0.05, 0) is 20.8 Å². The normalized spacial score (nSPS) is 17.4. The molecule has 0 saturated carbocycles. The van der Waals surface area contributed by atoms with Crippen LogP contribution in [-0.4, -0.2) is 40.0 Å². The molecule has 0 saturated heterocycles. The lowest BCUT2D eigenvalue weighted by Crippen LogP contribution is -2.34. The van der Waals surface area contributed by atoms with Crippen molar-refractivity contribution in [2.45, 2.75) is 20.8 Å². The van der Waals surface area contributed by atoms with Gasteiger partial charge in [-0.25, -0.2) is 4.79 Å². The molecule has 1 rings (SSSR count). The molecule has 1 aliphatic heterocycles. The summed E-state index contributed by atoms with van der Waals surface area (Å²) in [5.41, 5.74) is -0.478. The monoisotopic (exact) mass is 224 g/mol. The Bertz CT molecular complexity index is 430. The van der Waals surface area contributed by atoms with Gasteiger partial charge in [0.05, 0.1) is 5.57 Å². The molecule has 0 radical (unpaired) electrons. The molecule has 1 aliphatic rings. The Hall–Kier alpha value is -1.98. The molecule has 86 valence electrons. The maximum atomic E-state index is 11.7. The number of rotatable bonds is 3. The predicted octanol–water partition coefficient (Wildman–Crippen LogP) is 0.831. The third-order valence-electron chi connectivity index (χ3n) is 2.15. The smallest absolute Gasteiger partial charge is 0.351 e. The number of nitrogens with zero attached hydrogens (tertiary/aromatic N) is 2. The molecule has 0 aromatic carbocycles. The molecule has 1 heterocycles. The number of imide groups is 1. The van der Waals surface area contributed by atoms with Crippen LogP contribution in [0.3, 0.4) is 0 Å². The Morgan fingerprint density at radius 1 is 1.38 bits per heavy atom. The molecule has 0 aromatic heterocycles. The zero-order valence-corrected chi connectivity index (χ0v) is 9.27. The summed E-state index contributed by atoms with van der Waals surface area (Å²) in [5, 5.41) is 9.30. The molecule has 0 aliphatic carbocycles. The maximum absolute atomic E-state index is 11.7. The number of hydrogen-bond donors (Lipinski definition) is 1. The van der Waals surface area contributed by atoms with Crippen LogP contribution in [0.25, 0.3) is 0 Å². The van der Waals surface area contributed by atoms with E-state index in [0.29, 0.717) is 0 Å². The highest BCUT2D eigenvalue weighted by atomic mass is 16.3. The van der Waals surface area contributed by atoms with Gasteiger partial charge in [-0.2, -0.15) is 4.99 Å². The third-order valence-corrected chi connectivity index (χ3v) is 2.15. The molecule has 3 amide bonds. The molecule has 0 aromatic rings. The number of carbonyl (C=O) groups excluding carboxylic acids is 3. The lowest BCUT2D eigenvalue weighted by Gasteiger charge is -2.09. The van der Waals surface area contributed by atoms with Gasteiger partial charge < -0.3 is 5.11 Å². The number of urea groups is 1. The first-order valence-electron chi connectivity index (χ1n) is 4.75. The van der Waals surface area contributed by atoms with E-state index in [1.165, 1.54) is 13.8 Å². The van der Waals surface area contributed by atoms with E-state index in [2.05, 4.69) is 4.99 Å². The van der Waals surface area contributed by atoms with Crippen LogP contribution in [-0.2, 0) is 9.59 Å². The van der Waals surface area contributed by atoms with Crippen LogP contribution in [0.1, 0.15) is 20.8 Å². The zero-order valence-electron chi connectivity index (χ0n) is 9.27. The molecule has 16 heavy (non-hydrogen) atoms. The molecule has 0 atom stereocenters. The molecular formula is C10H12N2O4. The summed E-state index contributed by atoms with van der Waals surface area (Å²) < 4.78 is 0. The average Bonchev–Trinajstić information content (AvgIpc) is 2.41. The van der Waals surface area contributed by atoms with E-state index in [-0.39, 0.29) is 23.6 Å². The SMILES string of the molecule is CCN1C(=O)N=C(/C(C(C)=O)=C(\C)O)C1=O. The first-order chi connectivity index (χ1) is 7.40. The molecule has 0 unspecified atom stereocenters. The highest BCUT2D eigenvalue weighted by Crippen LogP contribution is 2.15. The van der Waals surface area contributed by atoms with Crippen molar-refractivity contribution in [1.82, 2.24) is 4.90 Å². The molecule has 0 fully saturated rings. The largest absolute Gasteiger partial charge is 0.512 e. The van der Waals surface area contributed by atoms with Crippen molar-refractivity contribution < 1.29 is 19.5 Å². The van der Waals surface area contributed by atoms with E-state index in [1.54, 1.807) is 6.92 Å². The average molecular weight is 224 g/mol. The van der Waals surface area contributed by atoms with Crippen molar-refractivity contribution >= 4 is 23.4 Å². The minimum atomic E-state index is -0.706. The Morgan fingerprint density at radius 2 is 1.94 bits per heavy atom. The highest BCUT2D eigenvalue weighted by Gasteiger charge is 2.36. The van der Waals surface area contributed by atoms with Gasteiger partial charge in [0.25, 0.3) is 5.91 Å². The first-order valence-corrected chi connectivity index (χ1v) is 4.75. The summed E-state index contributed by atoms with van der Waals surface area (Å²) in [5.74, 6) is -1.46. The first kappa shape index (κ1) is 12.1. The predicted molar refractivity (Wildman–Crippen MR) is 56.2 cm³/mol. The van der Waals surface area contributed by atoms with Gasteiger partial charge >= 0.3 is 6.03 Å². The van der Waals surface area contributed by atoms with E-state index < -0.39 is 17.7 Å². The van der Waals surface area contributed by atoms with Crippen LogP contribution in [0, 0.1) is 0 Å². The quantitative estimate of drug-likeness (QED) is 0.568. The van der Waals surface area contributed by atoms with Crippen molar-refractivity contribution in [3.63, 3.8) is 0 Å². The standard InChI is InChI=1S/C10H12N2O4/c1-4-12-9(15)8(11-10(12)16)7(5(2)13)6(3)14/h13H,4H2,1-3H3/b7-5+. The van der Waals surface area contributed by atoms with Crippen molar-refractivity contribution in [2.24, 2.45) is 4.99 Å². The molecule has 0 spiro atoms. The summed E-state index contributed by atoms with van der Waals surface area (Å²) >= 11 is 0. The van der Waals surface area contributed by atoms with E-state index in [4.69, 9.17) is 0 Å².